The molecule has 11 heteroatoms. The van der Waals surface area contributed by atoms with Crippen molar-refractivity contribution in [2.24, 2.45) is 5.41 Å². The van der Waals surface area contributed by atoms with E-state index in [-0.39, 0.29) is 38.4 Å². The van der Waals surface area contributed by atoms with E-state index in [4.69, 9.17) is 16.3 Å². The molecule has 4 N–H and O–H groups in total. The lowest BCUT2D eigenvalue weighted by Crippen LogP contribution is -2.49. The molecule has 0 aromatic heterocycles. The lowest BCUT2D eigenvalue weighted by atomic mass is 9.62. The average molecular weight is 659 g/mol. The number of benzene rings is 3. The standard InChI is InChI=1S/C31H30BrClFN3O5/c1-30(2,3)14-23-31(18-10-9-16(33)13-21(18)36-29(31)41)24(17-6-5-7-19(32)25(17)34)26(37-23)27(38)35-20-11-8-15(28(39)40)12-22(20)42-4/h5-13,23-24,26,37H,14H2,1-4H3,(H,35,38)(H,36,41)(H,39,40)/t23-,24-,26+,31+/m0/s1. The van der Waals surface area contributed by atoms with Crippen molar-refractivity contribution in [2.75, 3.05) is 17.7 Å². The lowest BCUT2D eigenvalue weighted by Gasteiger charge is -2.37. The van der Waals surface area contributed by atoms with Gasteiger partial charge in [-0.15, -0.1) is 0 Å². The van der Waals surface area contributed by atoms with Crippen molar-refractivity contribution in [3.05, 3.63) is 86.6 Å². The first-order valence-corrected chi connectivity index (χ1v) is 14.5. The van der Waals surface area contributed by atoms with Crippen molar-refractivity contribution in [1.82, 2.24) is 5.32 Å². The fraction of sp³-hybridized carbons (Fsp3) is 0.323. The number of nitrogens with one attached hydrogen (secondary N) is 3. The number of methoxy groups -OCH3 is 1. The van der Waals surface area contributed by atoms with Crippen molar-refractivity contribution in [3.63, 3.8) is 0 Å². The van der Waals surface area contributed by atoms with Crippen LogP contribution in [0.25, 0.3) is 0 Å². The van der Waals surface area contributed by atoms with Gasteiger partial charge in [-0.05, 0) is 75.3 Å². The Morgan fingerprint density at radius 2 is 1.90 bits per heavy atom. The van der Waals surface area contributed by atoms with Crippen LogP contribution in [0.1, 0.15) is 54.6 Å². The van der Waals surface area contributed by atoms with Crippen molar-refractivity contribution < 1.29 is 28.6 Å². The highest BCUT2D eigenvalue weighted by Crippen LogP contribution is 2.57. The van der Waals surface area contributed by atoms with Gasteiger partial charge in [0.05, 0.1) is 28.9 Å². The van der Waals surface area contributed by atoms with Crippen molar-refractivity contribution >= 4 is 56.7 Å². The first-order chi connectivity index (χ1) is 19.8. The zero-order chi connectivity index (χ0) is 30.6. The molecule has 2 heterocycles. The zero-order valence-electron chi connectivity index (χ0n) is 23.3. The zero-order valence-corrected chi connectivity index (χ0v) is 25.7. The van der Waals surface area contributed by atoms with E-state index in [1.807, 2.05) is 20.8 Å². The summed E-state index contributed by atoms with van der Waals surface area (Å²) in [5, 5.41) is 19.0. The topological polar surface area (TPSA) is 117 Å². The number of hydrogen-bond acceptors (Lipinski definition) is 5. The highest BCUT2D eigenvalue weighted by molar-refractivity contribution is 9.10. The van der Waals surface area contributed by atoms with Crippen LogP contribution in [-0.4, -0.2) is 42.1 Å². The van der Waals surface area contributed by atoms with E-state index in [2.05, 4.69) is 31.9 Å². The summed E-state index contributed by atoms with van der Waals surface area (Å²) in [5.41, 5.74) is -0.0865. The van der Waals surface area contributed by atoms with Crippen molar-refractivity contribution in [2.45, 2.75) is 50.6 Å². The number of carboxylic acids is 1. The van der Waals surface area contributed by atoms with Crippen LogP contribution in [-0.2, 0) is 15.0 Å². The maximum atomic E-state index is 16.0. The molecule has 1 fully saturated rings. The molecule has 1 spiro atoms. The third kappa shape index (κ3) is 5.05. The number of anilines is 2. The van der Waals surface area contributed by atoms with Gasteiger partial charge in [0, 0.05) is 22.7 Å². The van der Waals surface area contributed by atoms with Crippen LogP contribution in [0.15, 0.2) is 59.1 Å². The molecule has 1 saturated heterocycles. The van der Waals surface area contributed by atoms with E-state index in [0.29, 0.717) is 22.7 Å². The number of carboxylic acid groups (broad SMARTS) is 1. The van der Waals surface area contributed by atoms with Gasteiger partial charge in [-0.2, -0.15) is 0 Å². The predicted molar refractivity (Wildman–Crippen MR) is 162 cm³/mol. The first kappa shape index (κ1) is 30.0. The molecule has 220 valence electrons. The normalized spacial score (nSPS) is 23.0. The van der Waals surface area contributed by atoms with Crippen LogP contribution in [0.5, 0.6) is 5.75 Å². The number of aromatic carboxylic acids is 1. The molecule has 42 heavy (non-hydrogen) atoms. The van der Waals surface area contributed by atoms with Crippen LogP contribution in [0.3, 0.4) is 0 Å². The molecule has 8 nitrogen and oxygen atoms in total. The first-order valence-electron chi connectivity index (χ1n) is 13.3. The molecule has 4 atom stereocenters. The molecular formula is C31H30BrClFN3O5. The van der Waals surface area contributed by atoms with Crippen LogP contribution < -0.4 is 20.7 Å². The summed E-state index contributed by atoms with van der Waals surface area (Å²) in [6.07, 6.45) is 0.481. The summed E-state index contributed by atoms with van der Waals surface area (Å²) in [4.78, 5) is 39.9. The minimum atomic E-state index is -1.37. The molecule has 2 aliphatic heterocycles. The number of fused-ring (bicyclic) bond motifs is 2. The molecule has 2 amide bonds. The number of hydrogen-bond donors (Lipinski definition) is 4. The Morgan fingerprint density at radius 1 is 1.17 bits per heavy atom. The molecule has 3 aromatic rings. The average Bonchev–Trinajstić information content (AvgIpc) is 3.39. The maximum Gasteiger partial charge on any atom is 0.335 e. The van der Waals surface area contributed by atoms with E-state index in [9.17, 15) is 19.5 Å². The molecule has 0 saturated carbocycles. The fourth-order valence-corrected chi connectivity index (χ4v) is 6.84. The van der Waals surface area contributed by atoms with Gasteiger partial charge in [0.1, 0.15) is 17.0 Å². The van der Waals surface area contributed by atoms with Crippen LogP contribution in [0.2, 0.25) is 5.02 Å². The summed E-state index contributed by atoms with van der Waals surface area (Å²) in [7, 11) is 1.36. The largest absolute Gasteiger partial charge is 0.495 e. The Morgan fingerprint density at radius 3 is 2.57 bits per heavy atom. The number of carbonyl (C=O) groups is 3. The molecule has 0 radical (unpaired) electrons. The van der Waals surface area contributed by atoms with Gasteiger partial charge in [-0.25, -0.2) is 9.18 Å². The van der Waals surface area contributed by atoms with Crippen molar-refractivity contribution in [3.8, 4) is 5.75 Å². The number of ether oxygens (including phenoxy) is 1. The lowest BCUT2D eigenvalue weighted by molar-refractivity contribution is -0.122. The fourth-order valence-electron chi connectivity index (χ4n) is 6.29. The van der Waals surface area contributed by atoms with Crippen LogP contribution >= 0.6 is 27.5 Å². The van der Waals surface area contributed by atoms with Crippen LogP contribution in [0.4, 0.5) is 15.8 Å². The Labute approximate surface area is 256 Å². The second-order valence-corrected chi connectivity index (χ2v) is 13.1. The summed E-state index contributed by atoms with van der Waals surface area (Å²) >= 11 is 9.57. The van der Waals surface area contributed by atoms with E-state index < -0.39 is 41.1 Å². The smallest absolute Gasteiger partial charge is 0.335 e. The molecule has 3 aromatic carbocycles. The quantitative estimate of drug-likeness (QED) is 0.246. The van der Waals surface area contributed by atoms with Gasteiger partial charge in [0.2, 0.25) is 11.8 Å². The minimum Gasteiger partial charge on any atom is -0.495 e. The third-order valence-electron chi connectivity index (χ3n) is 7.93. The Hall–Kier alpha value is -3.47. The van der Waals surface area contributed by atoms with E-state index in [1.165, 1.54) is 25.3 Å². The highest BCUT2D eigenvalue weighted by atomic mass is 79.9. The van der Waals surface area contributed by atoms with Gasteiger partial charge < -0.3 is 25.8 Å². The molecule has 0 aliphatic carbocycles. The van der Waals surface area contributed by atoms with E-state index in [0.717, 1.165) is 0 Å². The summed E-state index contributed by atoms with van der Waals surface area (Å²) in [6.45, 7) is 6.11. The maximum absolute atomic E-state index is 16.0. The van der Waals surface area contributed by atoms with Gasteiger partial charge in [-0.3, -0.25) is 9.59 Å². The number of amides is 2. The van der Waals surface area contributed by atoms with Gasteiger partial charge in [0.25, 0.3) is 0 Å². The second-order valence-electron chi connectivity index (χ2n) is 11.8. The third-order valence-corrected chi connectivity index (χ3v) is 8.77. The second kappa shape index (κ2) is 11.0. The van der Waals surface area contributed by atoms with Crippen LogP contribution in [0, 0.1) is 11.2 Å². The predicted octanol–water partition coefficient (Wildman–Crippen LogP) is 6.34. The minimum absolute atomic E-state index is 0.0139. The molecule has 5 rings (SSSR count). The number of rotatable bonds is 6. The number of carbonyl (C=O) groups excluding carboxylic acids is 2. The summed E-state index contributed by atoms with van der Waals surface area (Å²) < 4.78 is 21.6. The van der Waals surface area contributed by atoms with Gasteiger partial charge in [-0.1, -0.05) is 50.6 Å². The number of halogens is 3. The molecular weight excluding hydrogens is 629 g/mol. The van der Waals surface area contributed by atoms with Gasteiger partial charge >= 0.3 is 5.97 Å². The van der Waals surface area contributed by atoms with Gasteiger partial charge in [0.15, 0.2) is 0 Å². The Kier molecular flexibility index (Phi) is 7.85. The Balaban J connectivity index is 1.70. The Bertz CT molecular complexity index is 1610. The molecule has 0 bridgehead atoms. The SMILES string of the molecule is COc1cc(C(=O)O)ccc1NC(=O)[C@@H]1N[C@@H](CC(C)(C)C)[C@@]2(C(=O)Nc3cc(Cl)ccc32)[C@H]1c1cccc(Br)c1F. The highest BCUT2D eigenvalue weighted by Gasteiger charge is 2.66. The summed E-state index contributed by atoms with van der Waals surface area (Å²) in [5.74, 6) is -3.44. The van der Waals surface area contributed by atoms with E-state index in [1.54, 1.807) is 36.4 Å². The summed E-state index contributed by atoms with van der Waals surface area (Å²) in [6, 6.07) is 12.4. The monoisotopic (exact) mass is 657 g/mol. The molecule has 2 aliphatic rings. The van der Waals surface area contributed by atoms with E-state index >= 15 is 4.39 Å². The van der Waals surface area contributed by atoms with Crippen molar-refractivity contribution in [1.29, 1.82) is 0 Å². The molecule has 0 unspecified atom stereocenters.